The third-order valence-electron chi connectivity index (χ3n) is 13.9. The van der Waals surface area contributed by atoms with Crippen molar-refractivity contribution >= 4 is 11.9 Å². The lowest BCUT2D eigenvalue weighted by atomic mass is 10.0. The highest BCUT2D eigenvalue weighted by Crippen LogP contribution is 2.17. The molecule has 0 heterocycles. The molecule has 1 amide bonds. The maximum atomic E-state index is 12.4. The van der Waals surface area contributed by atoms with E-state index in [0.29, 0.717) is 19.4 Å². The van der Waals surface area contributed by atoms with Gasteiger partial charge in [0.2, 0.25) is 5.91 Å². The van der Waals surface area contributed by atoms with Crippen LogP contribution in [0.1, 0.15) is 322 Å². The number of unbranched alkanes of at least 4 members (excludes halogenated alkanes) is 41. The van der Waals surface area contributed by atoms with Crippen LogP contribution in [0, 0.1) is 0 Å². The van der Waals surface area contributed by atoms with E-state index < -0.39 is 12.1 Å². The van der Waals surface area contributed by atoms with Crippen LogP contribution in [-0.4, -0.2) is 47.4 Å². The summed E-state index contributed by atoms with van der Waals surface area (Å²) in [6.45, 7) is 4.88. The van der Waals surface area contributed by atoms with E-state index in [-0.39, 0.29) is 18.5 Å². The first-order valence-corrected chi connectivity index (χ1v) is 30.3. The minimum atomic E-state index is -0.846. The minimum Gasteiger partial charge on any atom is -0.466 e. The standard InChI is InChI=1S/C62H117NO5/c1-3-5-7-9-11-13-14-15-16-26-30-33-36-40-44-48-52-56-62(67)68-57-53-49-45-41-37-34-31-28-25-23-21-19-17-18-20-22-24-27-29-32-35-39-43-47-51-55-61(66)63-59(58-64)60(65)54-50-46-42-38-12-10-8-6-4-2/h18-21,50,54,59-60,64-65H,3-17,22-49,51-53,55-58H2,1-2H3,(H,63,66)/b20-18-,21-19-,54-50+. The summed E-state index contributed by atoms with van der Waals surface area (Å²) in [5.74, 6) is -0.0645. The molecule has 0 radical (unpaired) electrons. The molecule has 0 fully saturated rings. The number of nitrogens with one attached hydrogen (secondary N) is 1. The lowest BCUT2D eigenvalue weighted by Gasteiger charge is -2.20. The van der Waals surface area contributed by atoms with Crippen molar-refractivity contribution in [3.8, 4) is 0 Å². The molecule has 0 aromatic heterocycles. The van der Waals surface area contributed by atoms with Crippen LogP contribution in [0.2, 0.25) is 0 Å². The molecule has 6 nitrogen and oxygen atoms in total. The largest absolute Gasteiger partial charge is 0.466 e. The average molecular weight is 957 g/mol. The Morgan fingerprint density at radius 1 is 0.412 bits per heavy atom. The lowest BCUT2D eigenvalue weighted by molar-refractivity contribution is -0.143. The Morgan fingerprint density at radius 3 is 1.12 bits per heavy atom. The van der Waals surface area contributed by atoms with Gasteiger partial charge in [0.05, 0.1) is 25.4 Å². The van der Waals surface area contributed by atoms with Crippen LogP contribution in [0.15, 0.2) is 36.5 Å². The number of allylic oxidation sites excluding steroid dienone is 5. The van der Waals surface area contributed by atoms with Crippen LogP contribution in [0.3, 0.4) is 0 Å². The van der Waals surface area contributed by atoms with Gasteiger partial charge in [0.15, 0.2) is 0 Å². The van der Waals surface area contributed by atoms with E-state index >= 15 is 0 Å². The first-order valence-electron chi connectivity index (χ1n) is 30.3. The third kappa shape index (κ3) is 53.4. The number of aliphatic hydroxyl groups excluding tert-OH is 2. The Hall–Kier alpha value is -1.92. The fourth-order valence-electron chi connectivity index (χ4n) is 9.25. The van der Waals surface area contributed by atoms with Gasteiger partial charge in [-0.25, -0.2) is 0 Å². The molecular formula is C62H117NO5. The second-order valence-corrected chi connectivity index (χ2v) is 20.7. The number of rotatable bonds is 56. The van der Waals surface area contributed by atoms with Gasteiger partial charge in [0.1, 0.15) is 0 Å². The predicted molar refractivity (Wildman–Crippen MR) is 296 cm³/mol. The molecule has 3 N–H and O–H groups in total. The monoisotopic (exact) mass is 956 g/mol. The van der Waals surface area contributed by atoms with Crippen molar-refractivity contribution in [1.82, 2.24) is 5.32 Å². The van der Waals surface area contributed by atoms with Gasteiger partial charge in [-0.15, -0.1) is 0 Å². The van der Waals surface area contributed by atoms with Crippen molar-refractivity contribution in [2.45, 2.75) is 334 Å². The second-order valence-electron chi connectivity index (χ2n) is 20.7. The van der Waals surface area contributed by atoms with Crippen molar-refractivity contribution in [2.24, 2.45) is 0 Å². The highest BCUT2D eigenvalue weighted by molar-refractivity contribution is 5.76. The molecule has 400 valence electrons. The molecule has 0 saturated heterocycles. The highest BCUT2D eigenvalue weighted by Gasteiger charge is 2.18. The molecule has 0 aliphatic heterocycles. The van der Waals surface area contributed by atoms with E-state index in [9.17, 15) is 19.8 Å². The molecule has 0 spiro atoms. The van der Waals surface area contributed by atoms with E-state index in [0.717, 1.165) is 44.9 Å². The molecule has 0 rings (SSSR count). The van der Waals surface area contributed by atoms with E-state index in [2.05, 4.69) is 43.5 Å². The van der Waals surface area contributed by atoms with Crippen LogP contribution in [0.25, 0.3) is 0 Å². The SMILES string of the molecule is CCCCCCCCC/C=C/C(O)C(CO)NC(=O)CCCCCCCCCCC/C=C\C/C=C\CCCCCCCCCCCOC(=O)CCCCCCCCCCCCCCCCCCC. The Kier molecular flexibility index (Phi) is 56.0. The maximum absolute atomic E-state index is 12.4. The number of carbonyl (C=O) groups excluding carboxylic acids is 2. The summed E-state index contributed by atoms with van der Waals surface area (Å²) in [7, 11) is 0. The molecule has 0 saturated carbocycles. The van der Waals surface area contributed by atoms with Crippen molar-refractivity contribution in [2.75, 3.05) is 13.2 Å². The zero-order valence-corrected chi connectivity index (χ0v) is 45.6. The van der Waals surface area contributed by atoms with E-state index in [4.69, 9.17) is 4.74 Å². The number of amides is 1. The quantitative estimate of drug-likeness (QED) is 0.0321. The van der Waals surface area contributed by atoms with Gasteiger partial charge >= 0.3 is 5.97 Å². The first-order chi connectivity index (χ1) is 33.5. The van der Waals surface area contributed by atoms with Crippen LogP contribution in [0.5, 0.6) is 0 Å². The molecule has 2 unspecified atom stereocenters. The second kappa shape index (κ2) is 57.7. The lowest BCUT2D eigenvalue weighted by Crippen LogP contribution is -2.45. The number of esters is 1. The van der Waals surface area contributed by atoms with Crippen LogP contribution in [-0.2, 0) is 14.3 Å². The minimum absolute atomic E-state index is 0.0122. The van der Waals surface area contributed by atoms with Gasteiger partial charge in [-0.1, -0.05) is 281 Å². The van der Waals surface area contributed by atoms with Crippen molar-refractivity contribution in [1.29, 1.82) is 0 Å². The number of aliphatic hydroxyl groups is 2. The van der Waals surface area contributed by atoms with Gasteiger partial charge in [-0.3, -0.25) is 9.59 Å². The number of carbonyl (C=O) groups is 2. The zero-order valence-electron chi connectivity index (χ0n) is 45.6. The Balaban J connectivity index is 3.40. The smallest absolute Gasteiger partial charge is 0.305 e. The fraction of sp³-hybridized carbons (Fsp3) is 0.871. The van der Waals surface area contributed by atoms with Crippen LogP contribution in [0.4, 0.5) is 0 Å². The number of hydrogen-bond donors (Lipinski definition) is 3. The van der Waals surface area contributed by atoms with E-state index in [1.807, 2.05) is 6.08 Å². The normalized spacial score (nSPS) is 12.8. The van der Waals surface area contributed by atoms with E-state index in [1.165, 1.54) is 250 Å². The molecule has 0 aliphatic rings. The van der Waals surface area contributed by atoms with Gasteiger partial charge in [-0.05, 0) is 64.2 Å². The predicted octanol–water partition coefficient (Wildman–Crippen LogP) is 18.8. The third-order valence-corrected chi connectivity index (χ3v) is 13.9. The zero-order chi connectivity index (χ0) is 49.3. The topological polar surface area (TPSA) is 95.9 Å². The summed E-state index contributed by atoms with van der Waals surface area (Å²) in [5.41, 5.74) is 0. The number of ether oxygens (including phenoxy) is 1. The molecule has 68 heavy (non-hydrogen) atoms. The molecule has 0 bridgehead atoms. The van der Waals surface area contributed by atoms with Gasteiger partial charge in [0.25, 0.3) is 0 Å². The Labute approximate surface area is 424 Å². The average Bonchev–Trinajstić information content (AvgIpc) is 3.34. The maximum Gasteiger partial charge on any atom is 0.305 e. The fourth-order valence-corrected chi connectivity index (χ4v) is 9.25. The summed E-state index contributed by atoms with van der Waals surface area (Å²) in [5, 5.41) is 22.9. The van der Waals surface area contributed by atoms with E-state index in [1.54, 1.807) is 6.08 Å². The highest BCUT2D eigenvalue weighted by atomic mass is 16.5. The first kappa shape index (κ1) is 66.1. The van der Waals surface area contributed by atoms with Crippen LogP contribution < -0.4 is 5.32 Å². The molecule has 0 aromatic rings. The molecule has 2 atom stereocenters. The van der Waals surface area contributed by atoms with Gasteiger partial charge < -0.3 is 20.3 Å². The summed E-state index contributed by atoms with van der Waals surface area (Å²) in [6, 6.07) is -0.630. The summed E-state index contributed by atoms with van der Waals surface area (Å²) in [6.07, 6.45) is 71.9. The molecule has 0 aromatic carbocycles. The summed E-state index contributed by atoms with van der Waals surface area (Å²) < 4.78 is 5.49. The van der Waals surface area contributed by atoms with Gasteiger partial charge in [0, 0.05) is 12.8 Å². The van der Waals surface area contributed by atoms with Crippen molar-refractivity contribution in [3.63, 3.8) is 0 Å². The summed E-state index contributed by atoms with van der Waals surface area (Å²) in [4.78, 5) is 24.5. The summed E-state index contributed by atoms with van der Waals surface area (Å²) >= 11 is 0. The van der Waals surface area contributed by atoms with Crippen LogP contribution >= 0.6 is 0 Å². The van der Waals surface area contributed by atoms with Gasteiger partial charge in [-0.2, -0.15) is 0 Å². The molecular weight excluding hydrogens is 839 g/mol. The van der Waals surface area contributed by atoms with Crippen molar-refractivity contribution in [3.05, 3.63) is 36.5 Å². The van der Waals surface area contributed by atoms with Crippen molar-refractivity contribution < 1.29 is 24.5 Å². The molecule has 0 aliphatic carbocycles. The Morgan fingerprint density at radius 2 is 0.735 bits per heavy atom. The number of hydrogen-bond acceptors (Lipinski definition) is 5. The Bertz CT molecular complexity index is 1100. The molecule has 6 heteroatoms.